The van der Waals surface area contributed by atoms with E-state index in [2.05, 4.69) is 12.2 Å². The number of rotatable bonds is 7. The van der Waals surface area contributed by atoms with Gasteiger partial charge in [-0.3, -0.25) is 9.59 Å². The van der Waals surface area contributed by atoms with Gasteiger partial charge in [0.05, 0.1) is 11.5 Å². The summed E-state index contributed by atoms with van der Waals surface area (Å²) in [6.45, 7) is 2.16. The third-order valence-corrected chi connectivity index (χ3v) is 5.00. The van der Waals surface area contributed by atoms with E-state index in [-0.39, 0.29) is 23.5 Å². The summed E-state index contributed by atoms with van der Waals surface area (Å²) in [6.07, 6.45) is 4.52. The van der Waals surface area contributed by atoms with Gasteiger partial charge in [-0.05, 0) is 25.0 Å². The summed E-state index contributed by atoms with van der Waals surface area (Å²) < 4.78 is 0. The highest BCUT2D eigenvalue weighted by Gasteiger charge is 2.22. The smallest absolute Gasteiger partial charge is 0.313 e. The topological polar surface area (TPSA) is 66.4 Å². The molecule has 2 unspecified atom stereocenters. The second kappa shape index (κ2) is 8.69. The molecule has 0 aliphatic heterocycles. The molecule has 2 N–H and O–H groups in total. The lowest BCUT2D eigenvalue weighted by molar-refractivity contribution is -0.133. The fourth-order valence-corrected chi connectivity index (χ4v) is 3.88. The fourth-order valence-electron chi connectivity index (χ4n) is 2.16. The van der Waals surface area contributed by atoms with Crippen molar-refractivity contribution in [2.45, 2.75) is 43.9 Å². The van der Waals surface area contributed by atoms with Gasteiger partial charge in [-0.25, -0.2) is 0 Å². The lowest BCUT2D eigenvalue weighted by Gasteiger charge is -2.29. The Balaban J connectivity index is 2.20. The quantitative estimate of drug-likeness (QED) is 0.751. The Morgan fingerprint density at radius 1 is 1.33 bits per heavy atom. The maximum atomic E-state index is 11.6. The molecule has 6 heteroatoms. The average Bonchev–Trinajstić information content (AvgIpc) is 2.29. The predicted molar refractivity (Wildman–Crippen MR) is 77.3 cm³/mol. The van der Waals surface area contributed by atoms with Crippen LogP contribution in [-0.2, 0) is 9.59 Å². The van der Waals surface area contributed by atoms with Crippen molar-refractivity contribution in [2.24, 2.45) is 0 Å². The molecule has 4 nitrogen and oxygen atoms in total. The molecule has 0 aromatic rings. The summed E-state index contributed by atoms with van der Waals surface area (Å²) in [5.74, 6) is 0.457. The van der Waals surface area contributed by atoms with Crippen molar-refractivity contribution in [3.8, 4) is 0 Å². The van der Waals surface area contributed by atoms with Crippen LogP contribution in [0.25, 0.3) is 0 Å². The van der Waals surface area contributed by atoms with Crippen LogP contribution in [0.2, 0.25) is 0 Å². The average molecular weight is 291 g/mol. The number of aliphatic carboxylic acids is 1. The van der Waals surface area contributed by atoms with Crippen molar-refractivity contribution in [3.63, 3.8) is 0 Å². The van der Waals surface area contributed by atoms with E-state index in [4.69, 9.17) is 5.11 Å². The first-order chi connectivity index (χ1) is 8.61. The number of hydrogen-bond donors (Lipinski definition) is 2. The molecule has 1 saturated carbocycles. The highest BCUT2D eigenvalue weighted by Crippen LogP contribution is 2.28. The Labute approximate surface area is 117 Å². The van der Waals surface area contributed by atoms with E-state index in [0.717, 1.165) is 30.4 Å². The van der Waals surface area contributed by atoms with Crippen LogP contribution in [0.4, 0.5) is 0 Å². The maximum absolute atomic E-state index is 11.6. The first-order valence-corrected chi connectivity index (χ1v) is 8.52. The monoisotopic (exact) mass is 291 g/mol. The molecule has 1 rings (SSSR count). The summed E-state index contributed by atoms with van der Waals surface area (Å²) in [6, 6.07) is 0.278. The third kappa shape index (κ3) is 6.54. The molecule has 0 aromatic heterocycles. The van der Waals surface area contributed by atoms with Crippen molar-refractivity contribution in [1.82, 2.24) is 5.32 Å². The minimum atomic E-state index is -0.870. The number of thioether (sulfide) groups is 2. The lowest BCUT2D eigenvalue weighted by atomic mass is 9.95. The summed E-state index contributed by atoms with van der Waals surface area (Å²) in [7, 11) is 0. The van der Waals surface area contributed by atoms with E-state index in [1.54, 1.807) is 0 Å². The Morgan fingerprint density at radius 2 is 2.11 bits per heavy atom. The number of carbonyl (C=O) groups excluding carboxylic acids is 1. The van der Waals surface area contributed by atoms with Crippen LogP contribution < -0.4 is 5.32 Å². The number of nitrogens with one attached hydrogen (secondary N) is 1. The minimum Gasteiger partial charge on any atom is -0.481 e. The summed E-state index contributed by atoms with van der Waals surface area (Å²) in [4.78, 5) is 22.0. The second-order valence-electron chi connectivity index (χ2n) is 4.39. The van der Waals surface area contributed by atoms with Gasteiger partial charge in [0.15, 0.2) is 0 Å². The van der Waals surface area contributed by atoms with Crippen molar-refractivity contribution < 1.29 is 14.7 Å². The van der Waals surface area contributed by atoms with E-state index in [9.17, 15) is 9.59 Å². The largest absolute Gasteiger partial charge is 0.481 e. The van der Waals surface area contributed by atoms with E-state index >= 15 is 0 Å². The molecular formula is C12H21NO3S2. The van der Waals surface area contributed by atoms with Gasteiger partial charge in [0.1, 0.15) is 0 Å². The zero-order valence-electron chi connectivity index (χ0n) is 10.7. The highest BCUT2D eigenvalue weighted by molar-refractivity contribution is 8.00. The van der Waals surface area contributed by atoms with Crippen LogP contribution in [0.5, 0.6) is 0 Å². The normalized spacial score (nSPS) is 23.6. The molecule has 0 radical (unpaired) electrons. The van der Waals surface area contributed by atoms with Gasteiger partial charge < -0.3 is 10.4 Å². The molecule has 0 saturated heterocycles. The number of carbonyl (C=O) groups is 2. The van der Waals surface area contributed by atoms with Crippen LogP contribution in [0, 0.1) is 0 Å². The molecule has 0 spiro atoms. The highest BCUT2D eigenvalue weighted by atomic mass is 32.2. The zero-order chi connectivity index (χ0) is 13.4. The molecule has 0 aromatic carbocycles. The Hall–Kier alpha value is -0.360. The van der Waals surface area contributed by atoms with Gasteiger partial charge in [-0.1, -0.05) is 13.3 Å². The Bertz CT molecular complexity index is 284. The molecule has 1 amide bonds. The van der Waals surface area contributed by atoms with Gasteiger partial charge in [0.2, 0.25) is 5.91 Å². The minimum absolute atomic E-state index is 0.00754. The SMILES string of the molecule is CCSC1CCCC(NC(=O)CSCC(=O)O)C1. The molecule has 104 valence electrons. The Morgan fingerprint density at radius 3 is 2.78 bits per heavy atom. The predicted octanol–water partition coefficient (Wildman–Crippen LogP) is 1.98. The molecule has 1 aliphatic carbocycles. The van der Waals surface area contributed by atoms with Gasteiger partial charge in [-0.15, -0.1) is 11.8 Å². The van der Waals surface area contributed by atoms with E-state index < -0.39 is 5.97 Å². The first kappa shape index (κ1) is 15.7. The summed E-state index contributed by atoms with van der Waals surface area (Å²) >= 11 is 3.12. The van der Waals surface area contributed by atoms with Crippen LogP contribution in [0.3, 0.4) is 0 Å². The molecule has 1 aliphatic rings. The number of carboxylic acids is 1. The van der Waals surface area contributed by atoms with Crippen molar-refractivity contribution >= 4 is 35.4 Å². The first-order valence-electron chi connectivity index (χ1n) is 6.32. The lowest BCUT2D eigenvalue weighted by Crippen LogP contribution is -2.40. The zero-order valence-corrected chi connectivity index (χ0v) is 12.3. The van der Waals surface area contributed by atoms with Crippen molar-refractivity contribution in [3.05, 3.63) is 0 Å². The van der Waals surface area contributed by atoms with Crippen LogP contribution in [-0.4, -0.2) is 45.5 Å². The summed E-state index contributed by atoms with van der Waals surface area (Å²) in [5, 5.41) is 12.2. The number of hydrogen-bond acceptors (Lipinski definition) is 4. The van der Waals surface area contributed by atoms with Crippen molar-refractivity contribution in [1.29, 1.82) is 0 Å². The van der Waals surface area contributed by atoms with E-state index in [1.807, 2.05) is 11.8 Å². The van der Waals surface area contributed by atoms with E-state index in [1.165, 1.54) is 12.8 Å². The maximum Gasteiger partial charge on any atom is 0.313 e. The molecule has 18 heavy (non-hydrogen) atoms. The fraction of sp³-hybridized carbons (Fsp3) is 0.833. The number of amides is 1. The van der Waals surface area contributed by atoms with Gasteiger partial charge >= 0.3 is 5.97 Å². The molecular weight excluding hydrogens is 270 g/mol. The standard InChI is InChI=1S/C12H21NO3S2/c1-2-18-10-5-3-4-9(6-10)13-11(14)7-17-8-12(15)16/h9-10H,2-8H2,1H3,(H,13,14)(H,15,16). The van der Waals surface area contributed by atoms with Crippen LogP contribution in [0.1, 0.15) is 32.6 Å². The molecule has 0 heterocycles. The molecule has 0 bridgehead atoms. The van der Waals surface area contributed by atoms with Gasteiger partial charge in [-0.2, -0.15) is 11.8 Å². The Kier molecular flexibility index (Phi) is 7.58. The van der Waals surface area contributed by atoms with Crippen LogP contribution >= 0.6 is 23.5 Å². The third-order valence-electron chi connectivity index (χ3n) is 2.85. The second-order valence-corrected chi connectivity index (χ2v) is 6.96. The molecule has 1 fully saturated rings. The summed E-state index contributed by atoms with van der Waals surface area (Å²) in [5.41, 5.74) is 0. The number of carboxylic acid groups (broad SMARTS) is 1. The van der Waals surface area contributed by atoms with Gasteiger partial charge in [0.25, 0.3) is 0 Å². The van der Waals surface area contributed by atoms with Crippen LogP contribution in [0.15, 0.2) is 0 Å². The van der Waals surface area contributed by atoms with E-state index in [0.29, 0.717) is 5.25 Å². The van der Waals surface area contributed by atoms with Crippen molar-refractivity contribution in [2.75, 3.05) is 17.3 Å². The molecule has 2 atom stereocenters. The van der Waals surface area contributed by atoms with Gasteiger partial charge in [0, 0.05) is 11.3 Å².